The minimum absolute atomic E-state index is 0.0222. The van der Waals surface area contributed by atoms with Crippen molar-refractivity contribution < 1.29 is 0 Å². The Bertz CT molecular complexity index is 612. The van der Waals surface area contributed by atoms with E-state index in [1.807, 2.05) is 0 Å². The summed E-state index contributed by atoms with van der Waals surface area (Å²) < 4.78 is 0. The summed E-state index contributed by atoms with van der Waals surface area (Å²) in [5.74, 6) is 5.09. The first-order valence-electron chi connectivity index (χ1n) is 12.9. The molecule has 0 heterocycles. The Labute approximate surface area is 180 Å². The van der Waals surface area contributed by atoms with Gasteiger partial charge in [0.1, 0.15) is 0 Å². The Kier molecular flexibility index (Phi) is 5.74. The van der Waals surface area contributed by atoms with Crippen molar-refractivity contribution in [3.8, 4) is 0 Å². The van der Waals surface area contributed by atoms with E-state index < -0.39 is 0 Å². The Balaban J connectivity index is 1.47. The predicted molar refractivity (Wildman–Crippen MR) is 123 cm³/mol. The molecular formula is C27H47NO. The zero-order chi connectivity index (χ0) is 21.0. The number of nitrogens with zero attached hydrogens (tertiary/aromatic N) is 1. The quantitative estimate of drug-likeness (QED) is 0.426. The Morgan fingerprint density at radius 2 is 1.59 bits per heavy atom. The molecule has 0 aromatic carbocycles. The van der Waals surface area contributed by atoms with E-state index in [2.05, 4.69) is 46.7 Å². The lowest BCUT2D eigenvalue weighted by atomic mass is 9.43. The van der Waals surface area contributed by atoms with E-state index in [4.69, 9.17) is 0 Å². The summed E-state index contributed by atoms with van der Waals surface area (Å²) in [5.41, 5.74) is 1.71. The summed E-state index contributed by atoms with van der Waals surface area (Å²) in [4.78, 5) is 11.3. The molecular weight excluding hydrogens is 354 g/mol. The average molecular weight is 402 g/mol. The van der Waals surface area contributed by atoms with Crippen molar-refractivity contribution in [2.24, 2.45) is 56.9 Å². The molecule has 4 saturated carbocycles. The first-order chi connectivity index (χ1) is 13.6. The van der Waals surface area contributed by atoms with Crippen molar-refractivity contribution in [3.05, 3.63) is 4.91 Å². The van der Waals surface area contributed by atoms with Gasteiger partial charge in [-0.1, -0.05) is 46.7 Å². The molecule has 0 N–H and O–H groups in total. The van der Waals surface area contributed by atoms with Crippen molar-refractivity contribution in [3.63, 3.8) is 0 Å². The van der Waals surface area contributed by atoms with Gasteiger partial charge in [0, 0.05) is 0 Å². The lowest BCUT2D eigenvalue weighted by Crippen LogP contribution is -2.54. The van der Waals surface area contributed by atoms with Crippen LogP contribution in [0, 0.1) is 56.7 Å². The van der Waals surface area contributed by atoms with Crippen molar-refractivity contribution in [1.29, 1.82) is 0 Å². The van der Waals surface area contributed by atoms with Crippen LogP contribution in [0.1, 0.15) is 112 Å². The predicted octanol–water partition coefficient (Wildman–Crippen LogP) is 8.24. The lowest BCUT2D eigenvalue weighted by Gasteiger charge is -2.62. The van der Waals surface area contributed by atoms with Crippen LogP contribution < -0.4 is 0 Å². The van der Waals surface area contributed by atoms with Crippen LogP contribution in [-0.2, 0) is 0 Å². The molecule has 0 aromatic heterocycles. The fourth-order valence-corrected chi connectivity index (χ4v) is 9.10. The van der Waals surface area contributed by atoms with Crippen LogP contribution in [0.2, 0.25) is 0 Å². The first kappa shape index (κ1) is 21.8. The van der Waals surface area contributed by atoms with Gasteiger partial charge in [0.2, 0.25) is 0 Å². The Morgan fingerprint density at radius 3 is 2.28 bits per heavy atom. The molecule has 166 valence electrons. The van der Waals surface area contributed by atoms with Crippen LogP contribution in [0.3, 0.4) is 0 Å². The molecule has 8 unspecified atom stereocenters. The molecule has 2 heteroatoms. The topological polar surface area (TPSA) is 29.4 Å². The van der Waals surface area contributed by atoms with E-state index in [1.54, 1.807) is 0 Å². The number of nitroso groups, excluding NO2 is 1. The molecule has 4 aliphatic rings. The van der Waals surface area contributed by atoms with Crippen LogP contribution in [0.15, 0.2) is 5.18 Å². The van der Waals surface area contributed by atoms with E-state index in [0.717, 1.165) is 36.0 Å². The minimum Gasteiger partial charge on any atom is -0.151 e. The highest BCUT2D eigenvalue weighted by atomic mass is 16.3. The highest BCUT2D eigenvalue weighted by Crippen LogP contribution is 2.69. The first-order valence-corrected chi connectivity index (χ1v) is 12.9. The van der Waals surface area contributed by atoms with Crippen LogP contribution in [0.4, 0.5) is 0 Å². The van der Waals surface area contributed by atoms with Gasteiger partial charge >= 0.3 is 0 Å². The fraction of sp³-hybridized carbons (Fsp3) is 1.00. The standard InChI is InChI=1S/C27H47NO/c1-18(2)24(28-29)12-9-19-8-11-22-21-10-7-20-17-25(3,4)15-16-27(20,6)23(21)13-14-26(19,22)5/h18-24H,7-17H2,1-6H3. The second kappa shape index (κ2) is 7.63. The number of rotatable bonds is 5. The Morgan fingerprint density at radius 1 is 0.862 bits per heavy atom. The van der Waals surface area contributed by atoms with E-state index in [1.165, 1.54) is 64.2 Å². The summed E-state index contributed by atoms with van der Waals surface area (Å²) in [6, 6.07) is 0.0222. The highest BCUT2D eigenvalue weighted by Gasteiger charge is 2.60. The molecule has 0 amide bonds. The monoisotopic (exact) mass is 401 g/mol. The maximum absolute atomic E-state index is 11.3. The third-order valence-electron chi connectivity index (χ3n) is 11.1. The average Bonchev–Trinajstić information content (AvgIpc) is 2.99. The molecule has 0 radical (unpaired) electrons. The molecule has 4 rings (SSSR count). The maximum atomic E-state index is 11.3. The molecule has 8 atom stereocenters. The lowest BCUT2D eigenvalue weighted by molar-refractivity contribution is -0.127. The summed E-state index contributed by atoms with van der Waals surface area (Å²) >= 11 is 0. The summed E-state index contributed by atoms with van der Waals surface area (Å²) in [7, 11) is 0. The molecule has 0 spiro atoms. The molecule has 4 aliphatic carbocycles. The molecule has 0 aliphatic heterocycles. The van der Waals surface area contributed by atoms with Gasteiger partial charge in [-0.15, -0.1) is 0 Å². The molecule has 2 nitrogen and oxygen atoms in total. The van der Waals surface area contributed by atoms with Crippen LogP contribution in [-0.4, -0.2) is 6.04 Å². The van der Waals surface area contributed by atoms with Crippen LogP contribution in [0.25, 0.3) is 0 Å². The molecule has 0 saturated heterocycles. The second-order valence-corrected chi connectivity index (χ2v) is 13.3. The maximum Gasteiger partial charge on any atom is 0.0942 e. The third kappa shape index (κ3) is 3.63. The summed E-state index contributed by atoms with van der Waals surface area (Å²) in [5, 5.41) is 3.46. The van der Waals surface area contributed by atoms with E-state index in [0.29, 0.717) is 22.2 Å². The molecule has 4 fully saturated rings. The van der Waals surface area contributed by atoms with Crippen LogP contribution >= 0.6 is 0 Å². The second-order valence-electron chi connectivity index (χ2n) is 13.3. The van der Waals surface area contributed by atoms with Gasteiger partial charge in [0.05, 0.1) is 6.04 Å². The highest BCUT2D eigenvalue weighted by molar-refractivity contribution is 5.09. The van der Waals surface area contributed by atoms with Gasteiger partial charge in [0.15, 0.2) is 0 Å². The van der Waals surface area contributed by atoms with Gasteiger partial charge in [-0.25, -0.2) is 0 Å². The van der Waals surface area contributed by atoms with Crippen molar-refractivity contribution in [2.75, 3.05) is 0 Å². The number of fused-ring (bicyclic) bond motifs is 5. The number of hydrogen-bond acceptors (Lipinski definition) is 2. The zero-order valence-electron chi connectivity index (χ0n) is 20.2. The van der Waals surface area contributed by atoms with Crippen molar-refractivity contribution in [2.45, 2.75) is 118 Å². The smallest absolute Gasteiger partial charge is 0.0942 e. The fourth-order valence-electron chi connectivity index (χ4n) is 9.10. The van der Waals surface area contributed by atoms with E-state index >= 15 is 0 Å². The normalized spacial score (nSPS) is 47.2. The largest absolute Gasteiger partial charge is 0.151 e. The van der Waals surface area contributed by atoms with Gasteiger partial charge < -0.3 is 0 Å². The summed E-state index contributed by atoms with van der Waals surface area (Å²) in [6.45, 7) is 14.7. The van der Waals surface area contributed by atoms with E-state index in [9.17, 15) is 4.91 Å². The third-order valence-corrected chi connectivity index (χ3v) is 11.1. The van der Waals surface area contributed by atoms with Crippen molar-refractivity contribution >= 4 is 0 Å². The number of hydrogen-bond donors (Lipinski definition) is 0. The minimum atomic E-state index is 0.0222. The van der Waals surface area contributed by atoms with Gasteiger partial charge in [-0.2, -0.15) is 4.91 Å². The SMILES string of the molecule is CC(C)C(CCC1CCC2C3CCC4CC(C)(C)CCC4(C)C3CCC12C)N=O. The molecule has 0 aromatic rings. The molecule has 0 bridgehead atoms. The zero-order valence-corrected chi connectivity index (χ0v) is 20.2. The molecule has 29 heavy (non-hydrogen) atoms. The summed E-state index contributed by atoms with van der Waals surface area (Å²) in [6.07, 6.45) is 15.4. The van der Waals surface area contributed by atoms with E-state index in [-0.39, 0.29) is 6.04 Å². The Hall–Kier alpha value is -0.400. The van der Waals surface area contributed by atoms with Gasteiger partial charge in [-0.3, -0.25) is 0 Å². The van der Waals surface area contributed by atoms with Gasteiger partial charge in [-0.05, 0) is 122 Å². The van der Waals surface area contributed by atoms with Crippen molar-refractivity contribution in [1.82, 2.24) is 0 Å². The van der Waals surface area contributed by atoms with Crippen LogP contribution in [0.5, 0.6) is 0 Å². The van der Waals surface area contributed by atoms with Gasteiger partial charge in [0.25, 0.3) is 0 Å².